The summed E-state index contributed by atoms with van der Waals surface area (Å²) < 4.78 is 28.2. The number of hydrogen-bond donors (Lipinski definition) is 1. The molecule has 2 aromatic rings. The summed E-state index contributed by atoms with van der Waals surface area (Å²) in [6.45, 7) is 0. The van der Waals surface area contributed by atoms with Crippen LogP contribution in [0.5, 0.6) is 5.75 Å². The maximum atomic E-state index is 11.5. The number of methoxy groups -OCH3 is 1. The van der Waals surface area contributed by atoms with Crippen LogP contribution in [-0.2, 0) is 9.84 Å². The topological polar surface area (TPSA) is 69.4 Å². The van der Waals surface area contributed by atoms with Crippen molar-refractivity contribution in [3.05, 3.63) is 58.6 Å². The average molecular weight is 326 g/mol. The maximum Gasteiger partial charge on any atom is 0.175 e. The van der Waals surface area contributed by atoms with E-state index in [-0.39, 0.29) is 4.90 Å². The monoisotopic (exact) mass is 325 g/mol. The van der Waals surface area contributed by atoms with E-state index in [9.17, 15) is 8.42 Å². The number of ether oxygens (including phenoxy) is 1. The van der Waals surface area contributed by atoms with Gasteiger partial charge in [-0.05, 0) is 35.9 Å². The molecule has 2 aromatic carbocycles. The van der Waals surface area contributed by atoms with Crippen molar-refractivity contribution < 1.29 is 13.2 Å². The summed E-state index contributed by atoms with van der Waals surface area (Å²) in [6, 6.07) is 11.2. The summed E-state index contributed by atoms with van der Waals surface area (Å²) in [6.07, 6.45) is 1.17. The largest absolute Gasteiger partial charge is 0.496 e. The van der Waals surface area contributed by atoms with Crippen LogP contribution >= 0.6 is 11.6 Å². The Morgan fingerprint density at radius 1 is 1.14 bits per heavy atom. The van der Waals surface area contributed by atoms with Crippen molar-refractivity contribution in [1.29, 1.82) is 0 Å². The Kier molecular flexibility index (Phi) is 4.56. The molecule has 2 rings (SSSR count). The highest BCUT2D eigenvalue weighted by atomic mass is 35.5. The Bertz CT molecular complexity index is 742. The van der Waals surface area contributed by atoms with Gasteiger partial charge in [0.2, 0.25) is 0 Å². The fraction of sp³-hybridized carbons (Fsp3) is 0.200. The molecule has 0 aliphatic carbocycles. The van der Waals surface area contributed by atoms with E-state index in [1.54, 1.807) is 49.6 Å². The van der Waals surface area contributed by atoms with Gasteiger partial charge in [0.05, 0.1) is 18.0 Å². The van der Waals surface area contributed by atoms with Gasteiger partial charge in [-0.25, -0.2) is 8.42 Å². The number of rotatable bonds is 4. The van der Waals surface area contributed by atoms with Gasteiger partial charge in [-0.15, -0.1) is 0 Å². The standard InChI is InChI=1S/C15H16ClNO3S/c1-20-14-8-5-11(16)9-13(14)15(17)10-3-6-12(7-4-10)21(2,18)19/h3-9,15H,17H2,1-2H3. The Balaban J connectivity index is 2.40. The van der Waals surface area contributed by atoms with Gasteiger partial charge in [0, 0.05) is 16.8 Å². The van der Waals surface area contributed by atoms with Gasteiger partial charge in [0.25, 0.3) is 0 Å². The second kappa shape index (κ2) is 6.05. The van der Waals surface area contributed by atoms with Crippen LogP contribution in [0.1, 0.15) is 17.2 Å². The molecule has 0 aliphatic heterocycles. The summed E-state index contributed by atoms with van der Waals surface area (Å²) in [5, 5.41) is 0.564. The van der Waals surface area contributed by atoms with E-state index < -0.39 is 15.9 Å². The first-order chi connectivity index (χ1) is 9.82. The SMILES string of the molecule is COc1ccc(Cl)cc1C(N)c1ccc(S(C)(=O)=O)cc1. The molecule has 0 radical (unpaired) electrons. The van der Waals surface area contributed by atoms with Crippen LogP contribution in [-0.4, -0.2) is 21.8 Å². The minimum atomic E-state index is -3.22. The molecule has 0 aliphatic rings. The lowest BCUT2D eigenvalue weighted by atomic mass is 9.99. The van der Waals surface area contributed by atoms with E-state index in [1.165, 1.54) is 6.26 Å². The lowest BCUT2D eigenvalue weighted by Gasteiger charge is -2.16. The molecule has 0 saturated carbocycles. The normalized spacial score (nSPS) is 13.0. The fourth-order valence-electron chi connectivity index (χ4n) is 2.05. The summed E-state index contributed by atoms with van der Waals surface area (Å²) >= 11 is 6.00. The van der Waals surface area contributed by atoms with Gasteiger partial charge >= 0.3 is 0 Å². The van der Waals surface area contributed by atoms with Crippen LogP contribution < -0.4 is 10.5 Å². The maximum absolute atomic E-state index is 11.5. The molecule has 0 bridgehead atoms. The molecule has 6 heteroatoms. The molecule has 0 spiro atoms. The van der Waals surface area contributed by atoms with Crippen LogP contribution in [0.2, 0.25) is 5.02 Å². The number of hydrogen-bond acceptors (Lipinski definition) is 4. The fourth-order valence-corrected chi connectivity index (χ4v) is 2.86. The van der Waals surface area contributed by atoms with Crippen molar-refractivity contribution in [2.75, 3.05) is 13.4 Å². The minimum Gasteiger partial charge on any atom is -0.496 e. The summed E-state index contributed by atoms with van der Waals surface area (Å²) in [5.41, 5.74) is 7.76. The third-order valence-corrected chi connectivity index (χ3v) is 4.56. The molecule has 0 aromatic heterocycles. The molecule has 112 valence electrons. The van der Waals surface area contributed by atoms with Gasteiger partial charge in [-0.2, -0.15) is 0 Å². The van der Waals surface area contributed by atoms with Crippen LogP contribution in [0.15, 0.2) is 47.4 Å². The molecule has 1 unspecified atom stereocenters. The lowest BCUT2D eigenvalue weighted by Crippen LogP contribution is -2.13. The van der Waals surface area contributed by atoms with Gasteiger partial charge in [-0.1, -0.05) is 23.7 Å². The predicted octanol–water partition coefficient (Wildman–Crippen LogP) is 2.80. The number of halogens is 1. The zero-order valence-corrected chi connectivity index (χ0v) is 13.3. The Morgan fingerprint density at radius 3 is 2.29 bits per heavy atom. The zero-order chi connectivity index (χ0) is 15.6. The van der Waals surface area contributed by atoms with E-state index in [2.05, 4.69) is 0 Å². The first-order valence-corrected chi connectivity index (χ1v) is 8.49. The molecule has 1 atom stereocenters. The van der Waals surface area contributed by atoms with Crippen LogP contribution in [0, 0.1) is 0 Å². The van der Waals surface area contributed by atoms with Crippen molar-refractivity contribution in [2.45, 2.75) is 10.9 Å². The van der Waals surface area contributed by atoms with Crippen LogP contribution in [0.3, 0.4) is 0 Å². The molecule has 21 heavy (non-hydrogen) atoms. The quantitative estimate of drug-likeness (QED) is 0.938. The molecular formula is C15H16ClNO3S. The van der Waals surface area contributed by atoms with Crippen molar-refractivity contribution >= 4 is 21.4 Å². The summed E-state index contributed by atoms with van der Waals surface area (Å²) in [7, 11) is -1.65. The third kappa shape index (κ3) is 3.56. The highest BCUT2D eigenvalue weighted by Gasteiger charge is 2.15. The van der Waals surface area contributed by atoms with Gasteiger partial charge < -0.3 is 10.5 Å². The van der Waals surface area contributed by atoms with Crippen LogP contribution in [0.4, 0.5) is 0 Å². The second-order valence-corrected chi connectivity index (χ2v) is 7.16. The van der Waals surface area contributed by atoms with Gasteiger partial charge in [0.1, 0.15) is 5.75 Å². The minimum absolute atomic E-state index is 0.261. The van der Waals surface area contributed by atoms with Crippen molar-refractivity contribution in [3.63, 3.8) is 0 Å². The molecule has 2 N–H and O–H groups in total. The number of benzene rings is 2. The molecule has 0 heterocycles. The zero-order valence-electron chi connectivity index (χ0n) is 11.7. The Labute approximate surface area is 129 Å². The first-order valence-electron chi connectivity index (χ1n) is 6.22. The molecule has 0 amide bonds. The van der Waals surface area contributed by atoms with E-state index in [0.717, 1.165) is 11.1 Å². The molecular weight excluding hydrogens is 310 g/mol. The predicted molar refractivity (Wildman–Crippen MR) is 83.6 cm³/mol. The van der Waals surface area contributed by atoms with Crippen molar-refractivity contribution in [1.82, 2.24) is 0 Å². The van der Waals surface area contributed by atoms with E-state index in [1.807, 2.05) is 0 Å². The highest BCUT2D eigenvalue weighted by Crippen LogP contribution is 2.31. The van der Waals surface area contributed by atoms with E-state index in [4.69, 9.17) is 22.1 Å². The molecule has 0 saturated heterocycles. The smallest absolute Gasteiger partial charge is 0.175 e. The second-order valence-electron chi connectivity index (χ2n) is 4.71. The van der Waals surface area contributed by atoms with Crippen molar-refractivity contribution in [3.8, 4) is 5.75 Å². The van der Waals surface area contributed by atoms with Gasteiger partial charge in [-0.3, -0.25) is 0 Å². The number of sulfone groups is 1. The van der Waals surface area contributed by atoms with Crippen molar-refractivity contribution in [2.24, 2.45) is 5.73 Å². The Hall–Kier alpha value is -1.56. The Morgan fingerprint density at radius 2 is 1.76 bits per heavy atom. The number of nitrogens with two attached hydrogens (primary N) is 1. The van der Waals surface area contributed by atoms with Crippen LogP contribution in [0.25, 0.3) is 0 Å². The lowest BCUT2D eigenvalue weighted by molar-refractivity contribution is 0.408. The average Bonchev–Trinajstić information content (AvgIpc) is 2.45. The summed E-state index contributed by atoms with van der Waals surface area (Å²) in [4.78, 5) is 0.261. The van der Waals surface area contributed by atoms with Gasteiger partial charge in [0.15, 0.2) is 9.84 Å². The molecule has 4 nitrogen and oxygen atoms in total. The van der Waals surface area contributed by atoms with E-state index >= 15 is 0 Å². The van der Waals surface area contributed by atoms with E-state index in [0.29, 0.717) is 10.8 Å². The highest BCUT2D eigenvalue weighted by molar-refractivity contribution is 7.90. The third-order valence-electron chi connectivity index (χ3n) is 3.19. The summed E-state index contributed by atoms with van der Waals surface area (Å²) in [5.74, 6) is 0.638. The first kappa shape index (κ1) is 15.8. The molecule has 0 fully saturated rings.